The highest BCUT2D eigenvalue weighted by molar-refractivity contribution is 5.36. The maximum Gasteiger partial charge on any atom is 0.123 e. The SMILES string of the molecule is N#Cc1cccc(OCc2ccc(F)cc2)c1. The molecule has 0 bridgehead atoms. The minimum atomic E-state index is -0.264. The second-order valence-corrected chi connectivity index (χ2v) is 3.55. The van der Waals surface area contributed by atoms with Crippen molar-refractivity contribution in [2.75, 3.05) is 0 Å². The van der Waals surface area contributed by atoms with Crippen molar-refractivity contribution in [3.8, 4) is 11.8 Å². The van der Waals surface area contributed by atoms with Crippen LogP contribution in [0.15, 0.2) is 48.5 Å². The van der Waals surface area contributed by atoms with E-state index < -0.39 is 0 Å². The Kier molecular flexibility index (Phi) is 3.37. The minimum absolute atomic E-state index is 0.264. The molecule has 3 heteroatoms. The highest BCUT2D eigenvalue weighted by Gasteiger charge is 1.98. The van der Waals surface area contributed by atoms with Gasteiger partial charge in [-0.3, -0.25) is 0 Å². The summed E-state index contributed by atoms with van der Waals surface area (Å²) in [6.07, 6.45) is 0. The lowest BCUT2D eigenvalue weighted by Gasteiger charge is -2.06. The van der Waals surface area contributed by atoms with E-state index in [0.717, 1.165) is 5.56 Å². The van der Waals surface area contributed by atoms with Gasteiger partial charge in [-0.25, -0.2) is 4.39 Å². The lowest BCUT2D eigenvalue weighted by molar-refractivity contribution is 0.306. The molecule has 2 aromatic rings. The molecule has 2 nitrogen and oxygen atoms in total. The Bertz CT molecular complexity index is 543. The molecule has 0 aliphatic carbocycles. The first-order chi connectivity index (χ1) is 8.28. The van der Waals surface area contributed by atoms with Crippen LogP contribution in [0.25, 0.3) is 0 Å². The van der Waals surface area contributed by atoms with Gasteiger partial charge in [0.1, 0.15) is 18.2 Å². The number of nitriles is 1. The smallest absolute Gasteiger partial charge is 0.123 e. The van der Waals surface area contributed by atoms with E-state index in [2.05, 4.69) is 0 Å². The third-order valence-electron chi connectivity index (χ3n) is 2.28. The molecular weight excluding hydrogens is 217 g/mol. The third kappa shape index (κ3) is 3.05. The molecule has 0 amide bonds. The van der Waals surface area contributed by atoms with Gasteiger partial charge in [0.05, 0.1) is 11.6 Å². The van der Waals surface area contributed by atoms with E-state index in [-0.39, 0.29) is 5.82 Å². The summed E-state index contributed by atoms with van der Waals surface area (Å²) in [5, 5.41) is 8.73. The van der Waals surface area contributed by atoms with Gasteiger partial charge in [0.25, 0.3) is 0 Å². The zero-order valence-electron chi connectivity index (χ0n) is 9.06. The summed E-state index contributed by atoms with van der Waals surface area (Å²) in [4.78, 5) is 0. The topological polar surface area (TPSA) is 33.0 Å². The molecule has 0 aromatic heterocycles. The van der Waals surface area contributed by atoms with Crippen LogP contribution in [-0.2, 0) is 6.61 Å². The molecule has 2 aromatic carbocycles. The number of hydrogen-bond acceptors (Lipinski definition) is 2. The van der Waals surface area contributed by atoms with Gasteiger partial charge in [-0.1, -0.05) is 18.2 Å². The predicted molar refractivity (Wildman–Crippen MR) is 61.9 cm³/mol. The van der Waals surface area contributed by atoms with Crippen LogP contribution in [0.2, 0.25) is 0 Å². The molecule has 0 radical (unpaired) electrons. The number of ether oxygens (including phenoxy) is 1. The summed E-state index contributed by atoms with van der Waals surface area (Å²) in [5.41, 5.74) is 1.44. The summed E-state index contributed by atoms with van der Waals surface area (Å²) < 4.78 is 18.2. The third-order valence-corrected chi connectivity index (χ3v) is 2.28. The first kappa shape index (κ1) is 11.2. The molecule has 0 atom stereocenters. The normalized spacial score (nSPS) is 9.65. The van der Waals surface area contributed by atoms with E-state index >= 15 is 0 Å². The Hall–Kier alpha value is -2.34. The second kappa shape index (κ2) is 5.13. The van der Waals surface area contributed by atoms with Crippen molar-refractivity contribution < 1.29 is 9.13 Å². The molecule has 0 heterocycles. The van der Waals surface area contributed by atoms with Crippen molar-refractivity contribution in [1.82, 2.24) is 0 Å². The van der Waals surface area contributed by atoms with Crippen molar-refractivity contribution in [3.63, 3.8) is 0 Å². The summed E-state index contributed by atoms with van der Waals surface area (Å²) in [5.74, 6) is 0.369. The second-order valence-electron chi connectivity index (χ2n) is 3.55. The van der Waals surface area contributed by atoms with Gasteiger partial charge < -0.3 is 4.74 Å². The average molecular weight is 227 g/mol. The van der Waals surface area contributed by atoms with E-state index in [0.29, 0.717) is 17.9 Å². The Labute approximate surface area is 98.9 Å². The maximum atomic E-state index is 12.7. The van der Waals surface area contributed by atoms with Crippen molar-refractivity contribution >= 4 is 0 Å². The van der Waals surface area contributed by atoms with Gasteiger partial charge in [-0.05, 0) is 35.9 Å². The summed E-state index contributed by atoms with van der Waals surface area (Å²) >= 11 is 0. The molecule has 2 rings (SSSR count). The van der Waals surface area contributed by atoms with Crippen LogP contribution < -0.4 is 4.74 Å². The van der Waals surface area contributed by atoms with Gasteiger partial charge in [-0.2, -0.15) is 5.26 Å². The van der Waals surface area contributed by atoms with Gasteiger partial charge >= 0.3 is 0 Å². The van der Waals surface area contributed by atoms with Crippen molar-refractivity contribution in [2.45, 2.75) is 6.61 Å². The first-order valence-corrected chi connectivity index (χ1v) is 5.15. The van der Waals surface area contributed by atoms with Crippen LogP contribution in [0.5, 0.6) is 5.75 Å². The molecule has 0 aliphatic heterocycles. The van der Waals surface area contributed by atoms with Crippen LogP contribution in [-0.4, -0.2) is 0 Å². The van der Waals surface area contributed by atoms with Gasteiger partial charge in [0.2, 0.25) is 0 Å². The number of benzene rings is 2. The fourth-order valence-electron chi connectivity index (χ4n) is 1.40. The quantitative estimate of drug-likeness (QED) is 0.806. The molecular formula is C14H10FNO. The largest absolute Gasteiger partial charge is 0.489 e. The molecule has 0 fully saturated rings. The van der Waals surface area contributed by atoms with Crippen molar-refractivity contribution in [3.05, 3.63) is 65.5 Å². The lowest BCUT2D eigenvalue weighted by atomic mass is 10.2. The highest BCUT2D eigenvalue weighted by atomic mass is 19.1. The maximum absolute atomic E-state index is 12.7. The number of hydrogen-bond donors (Lipinski definition) is 0. The van der Waals surface area contributed by atoms with Gasteiger partial charge in [0.15, 0.2) is 0 Å². The number of nitrogens with zero attached hydrogens (tertiary/aromatic N) is 1. The molecule has 84 valence electrons. The Morgan fingerprint density at radius 2 is 1.88 bits per heavy atom. The number of rotatable bonds is 3. The Morgan fingerprint density at radius 3 is 2.59 bits per heavy atom. The Balaban J connectivity index is 2.02. The van der Waals surface area contributed by atoms with Crippen LogP contribution in [0.1, 0.15) is 11.1 Å². The first-order valence-electron chi connectivity index (χ1n) is 5.15. The molecule has 0 saturated carbocycles. The van der Waals surface area contributed by atoms with Crippen molar-refractivity contribution in [1.29, 1.82) is 5.26 Å². The summed E-state index contributed by atoms with van der Waals surface area (Å²) in [6.45, 7) is 0.356. The van der Waals surface area contributed by atoms with E-state index in [4.69, 9.17) is 10.00 Å². The molecule has 0 aliphatic rings. The fraction of sp³-hybridized carbons (Fsp3) is 0.0714. The lowest BCUT2D eigenvalue weighted by Crippen LogP contribution is -1.95. The average Bonchev–Trinajstić information content (AvgIpc) is 2.38. The molecule has 0 N–H and O–H groups in total. The Morgan fingerprint density at radius 1 is 1.12 bits per heavy atom. The zero-order chi connectivity index (χ0) is 12.1. The van der Waals surface area contributed by atoms with E-state index in [1.165, 1.54) is 12.1 Å². The van der Waals surface area contributed by atoms with Crippen LogP contribution in [0, 0.1) is 17.1 Å². The minimum Gasteiger partial charge on any atom is -0.489 e. The van der Waals surface area contributed by atoms with E-state index in [1.54, 1.807) is 36.4 Å². The monoisotopic (exact) mass is 227 g/mol. The summed E-state index contributed by atoms with van der Waals surface area (Å²) in [7, 11) is 0. The van der Waals surface area contributed by atoms with Crippen LogP contribution in [0.4, 0.5) is 4.39 Å². The van der Waals surface area contributed by atoms with Crippen LogP contribution in [0.3, 0.4) is 0 Å². The van der Waals surface area contributed by atoms with Crippen LogP contribution >= 0.6 is 0 Å². The predicted octanol–water partition coefficient (Wildman–Crippen LogP) is 3.28. The van der Waals surface area contributed by atoms with E-state index in [1.807, 2.05) is 6.07 Å². The molecule has 17 heavy (non-hydrogen) atoms. The fourth-order valence-corrected chi connectivity index (χ4v) is 1.40. The highest BCUT2D eigenvalue weighted by Crippen LogP contribution is 2.14. The molecule has 0 unspecified atom stereocenters. The van der Waals surface area contributed by atoms with E-state index in [9.17, 15) is 4.39 Å². The van der Waals surface area contributed by atoms with Crippen molar-refractivity contribution in [2.24, 2.45) is 0 Å². The van der Waals surface area contributed by atoms with Gasteiger partial charge in [0, 0.05) is 0 Å². The molecule has 0 spiro atoms. The molecule has 0 saturated heterocycles. The van der Waals surface area contributed by atoms with Gasteiger partial charge in [-0.15, -0.1) is 0 Å². The standard InChI is InChI=1S/C14H10FNO/c15-13-6-4-11(5-7-13)10-17-14-3-1-2-12(8-14)9-16/h1-8H,10H2. The number of halogens is 1. The zero-order valence-corrected chi connectivity index (χ0v) is 9.06. The summed E-state index contributed by atoms with van der Waals surface area (Å²) in [6, 6.07) is 15.1.